The van der Waals surface area contributed by atoms with Gasteiger partial charge >= 0.3 is 0 Å². The Morgan fingerprint density at radius 2 is 1.84 bits per heavy atom. The number of carbonyl (C=O) groups is 1. The predicted octanol–water partition coefficient (Wildman–Crippen LogP) is 1.92. The molecule has 2 rings (SSSR count). The summed E-state index contributed by atoms with van der Waals surface area (Å²) < 4.78 is 40.3. The summed E-state index contributed by atoms with van der Waals surface area (Å²) in [7, 11) is -0.152. The van der Waals surface area contributed by atoms with Gasteiger partial charge in [-0.15, -0.1) is 0 Å². The maximum absolute atomic E-state index is 13.2. The van der Waals surface area contributed by atoms with E-state index >= 15 is 0 Å². The van der Waals surface area contributed by atoms with E-state index in [2.05, 4.69) is 10.0 Å². The molecule has 0 unspecified atom stereocenters. The van der Waals surface area contributed by atoms with E-state index in [0.717, 1.165) is 6.07 Å². The van der Waals surface area contributed by atoms with Crippen molar-refractivity contribution in [2.75, 3.05) is 31.9 Å². The number of nitrogens with zero attached hydrogens (tertiary/aromatic N) is 1. The van der Waals surface area contributed by atoms with Gasteiger partial charge in [0.25, 0.3) is 15.9 Å². The van der Waals surface area contributed by atoms with Crippen molar-refractivity contribution in [3.63, 3.8) is 0 Å². The van der Waals surface area contributed by atoms with Crippen LogP contribution in [-0.2, 0) is 10.0 Å². The van der Waals surface area contributed by atoms with Crippen LogP contribution in [0.2, 0.25) is 0 Å². The van der Waals surface area contributed by atoms with E-state index in [1.54, 1.807) is 0 Å². The summed E-state index contributed by atoms with van der Waals surface area (Å²) in [5, 5.41) is 2.72. The zero-order valence-electron chi connectivity index (χ0n) is 14.0. The van der Waals surface area contributed by atoms with Crippen molar-refractivity contribution in [2.24, 2.45) is 0 Å². The van der Waals surface area contributed by atoms with E-state index in [1.807, 2.05) is 19.0 Å². The third-order valence-corrected chi connectivity index (χ3v) is 4.71. The number of anilines is 1. The van der Waals surface area contributed by atoms with E-state index < -0.39 is 15.8 Å². The number of nitrogens with one attached hydrogen (secondary N) is 2. The Labute approximate surface area is 146 Å². The van der Waals surface area contributed by atoms with Crippen molar-refractivity contribution in [3.05, 3.63) is 59.9 Å². The second-order valence-electron chi connectivity index (χ2n) is 5.70. The lowest BCUT2D eigenvalue weighted by atomic mass is 10.2. The van der Waals surface area contributed by atoms with Crippen molar-refractivity contribution in [1.29, 1.82) is 0 Å². The van der Waals surface area contributed by atoms with Gasteiger partial charge in [-0.1, -0.05) is 12.1 Å². The van der Waals surface area contributed by atoms with Crippen molar-refractivity contribution in [1.82, 2.24) is 10.2 Å². The Morgan fingerprint density at radius 1 is 1.12 bits per heavy atom. The fourth-order valence-corrected chi connectivity index (χ4v) is 3.16. The Hall–Kier alpha value is -2.45. The number of hydrogen-bond donors (Lipinski definition) is 2. The molecule has 0 aliphatic carbocycles. The van der Waals surface area contributed by atoms with E-state index in [-0.39, 0.29) is 22.1 Å². The summed E-state index contributed by atoms with van der Waals surface area (Å²) in [5.41, 5.74) is 0.349. The van der Waals surface area contributed by atoms with Crippen LogP contribution in [0.5, 0.6) is 0 Å². The summed E-state index contributed by atoms with van der Waals surface area (Å²) >= 11 is 0. The zero-order chi connectivity index (χ0) is 18.4. The van der Waals surface area contributed by atoms with Gasteiger partial charge in [-0.2, -0.15) is 0 Å². The number of rotatable bonds is 7. The summed E-state index contributed by atoms with van der Waals surface area (Å²) in [6.07, 6.45) is 0. The highest BCUT2D eigenvalue weighted by Gasteiger charge is 2.16. The maximum Gasteiger partial charge on any atom is 0.261 e. The molecule has 0 saturated heterocycles. The van der Waals surface area contributed by atoms with Crippen LogP contribution in [0, 0.1) is 5.82 Å². The van der Waals surface area contributed by atoms with E-state index in [0.29, 0.717) is 13.1 Å². The molecule has 0 radical (unpaired) electrons. The van der Waals surface area contributed by atoms with Gasteiger partial charge < -0.3 is 10.2 Å². The van der Waals surface area contributed by atoms with Crippen molar-refractivity contribution < 1.29 is 17.6 Å². The first-order valence-electron chi connectivity index (χ1n) is 7.59. The molecular weight excluding hydrogens is 345 g/mol. The lowest BCUT2D eigenvalue weighted by Gasteiger charge is -2.11. The highest BCUT2D eigenvalue weighted by atomic mass is 32.2. The number of halogens is 1. The number of amides is 1. The van der Waals surface area contributed by atoms with Gasteiger partial charge in [-0.3, -0.25) is 9.52 Å². The van der Waals surface area contributed by atoms with Crippen LogP contribution >= 0.6 is 0 Å². The minimum Gasteiger partial charge on any atom is -0.351 e. The molecule has 0 aliphatic rings. The van der Waals surface area contributed by atoms with Crippen molar-refractivity contribution >= 4 is 21.6 Å². The van der Waals surface area contributed by atoms with Gasteiger partial charge in [-0.05, 0) is 50.5 Å². The maximum atomic E-state index is 13.2. The average molecular weight is 365 g/mol. The fourth-order valence-electron chi connectivity index (χ4n) is 2.07. The Bertz CT molecular complexity index is 854. The Balaban J connectivity index is 2.15. The summed E-state index contributed by atoms with van der Waals surface area (Å²) in [5.74, 6) is -0.904. The first kappa shape index (κ1) is 18.9. The van der Waals surface area contributed by atoms with Crippen molar-refractivity contribution in [3.8, 4) is 0 Å². The van der Waals surface area contributed by atoms with Gasteiger partial charge in [0.05, 0.1) is 10.6 Å². The molecule has 25 heavy (non-hydrogen) atoms. The smallest absolute Gasteiger partial charge is 0.261 e. The molecule has 0 saturated carbocycles. The molecule has 0 heterocycles. The van der Waals surface area contributed by atoms with Crippen LogP contribution < -0.4 is 10.0 Å². The number of benzene rings is 2. The number of sulfonamides is 1. The van der Waals surface area contributed by atoms with Crippen LogP contribution in [0.3, 0.4) is 0 Å². The third kappa shape index (κ3) is 5.54. The van der Waals surface area contributed by atoms with Gasteiger partial charge in [0.2, 0.25) is 0 Å². The summed E-state index contributed by atoms with van der Waals surface area (Å²) in [6, 6.07) is 10.8. The first-order valence-corrected chi connectivity index (χ1v) is 9.07. The standard InChI is InChI=1S/C17H20FN3O3S/c1-21(2)10-9-19-17(22)13-5-3-8-16(11-13)25(23,24)20-15-7-4-6-14(18)12-15/h3-8,11-12,20H,9-10H2,1-2H3,(H,19,22). The molecule has 8 heteroatoms. The monoisotopic (exact) mass is 365 g/mol. The number of likely N-dealkylation sites (N-methyl/N-ethyl adjacent to an activating group) is 1. The molecule has 0 bridgehead atoms. The van der Waals surface area contributed by atoms with Crippen molar-refractivity contribution in [2.45, 2.75) is 4.90 Å². The molecule has 2 aromatic carbocycles. The quantitative estimate of drug-likeness (QED) is 0.786. The van der Waals surface area contributed by atoms with Crippen LogP contribution in [0.4, 0.5) is 10.1 Å². The molecule has 0 spiro atoms. The average Bonchev–Trinajstić information content (AvgIpc) is 2.54. The Kier molecular flexibility index (Phi) is 6.11. The summed E-state index contributed by atoms with van der Waals surface area (Å²) in [4.78, 5) is 14.0. The molecule has 2 aromatic rings. The second kappa shape index (κ2) is 8.09. The zero-order valence-corrected chi connectivity index (χ0v) is 14.8. The van der Waals surface area contributed by atoms with Gasteiger partial charge in [0.1, 0.15) is 5.82 Å². The third-order valence-electron chi connectivity index (χ3n) is 3.33. The van der Waals surface area contributed by atoms with Crippen LogP contribution in [0.25, 0.3) is 0 Å². The van der Waals surface area contributed by atoms with Crippen LogP contribution in [0.15, 0.2) is 53.4 Å². The van der Waals surface area contributed by atoms with Gasteiger partial charge in [0, 0.05) is 18.7 Å². The van der Waals surface area contributed by atoms with Crippen LogP contribution in [-0.4, -0.2) is 46.4 Å². The van der Waals surface area contributed by atoms with Gasteiger partial charge in [0.15, 0.2) is 0 Å². The fraction of sp³-hybridized carbons (Fsp3) is 0.235. The minimum absolute atomic E-state index is 0.0722. The lowest BCUT2D eigenvalue weighted by Crippen LogP contribution is -2.31. The molecular formula is C17H20FN3O3S. The van der Waals surface area contributed by atoms with Gasteiger partial charge in [-0.25, -0.2) is 12.8 Å². The molecule has 1 amide bonds. The van der Waals surface area contributed by atoms with E-state index in [1.165, 1.54) is 42.5 Å². The first-order chi connectivity index (χ1) is 11.8. The molecule has 2 N–H and O–H groups in total. The predicted molar refractivity (Wildman–Crippen MR) is 94.5 cm³/mol. The minimum atomic E-state index is -3.92. The SMILES string of the molecule is CN(C)CCNC(=O)c1cccc(S(=O)(=O)Nc2cccc(F)c2)c1. The van der Waals surface area contributed by atoms with Crippen LogP contribution in [0.1, 0.15) is 10.4 Å². The normalized spacial score (nSPS) is 11.4. The molecule has 6 nitrogen and oxygen atoms in total. The highest BCUT2D eigenvalue weighted by molar-refractivity contribution is 7.92. The summed E-state index contributed by atoms with van der Waals surface area (Å²) in [6.45, 7) is 1.12. The Morgan fingerprint density at radius 3 is 2.52 bits per heavy atom. The largest absolute Gasteiger partial charge is 0.351 e. The molecule has 0 fully saturated rings. The molecule has 0 aromatic heterocycles. The molecule has 0 aliphatic heterocycles. The number of carbonyl (C=O) groups excluding carboxylic acids is 1. The topological polar surface area (TPSA) is 78.5 Å². The lowest BCUT2D eigenvalue weighted by molar-refractivity contribution is 0.0951. The number of hydrogen-bond acceptors (Lipinski definition) is 4. The highest BCUT2D eigenvalue weighted by Crippen LogP contribution is 2.18. The second-order valence-corrected chi connectivity index (χ2v) is 7.39. The van der Waals surface area contributed by atoms with E-state index in [9.17, 15) is 17.6 Å². The molecule has 0 atom stereocenters. The molecule has 134 valence electrons. The van der Waals surface area contributed by atoms with E-state index in [4.69, 9.17) is 0 Å².